The Bertz CT molecular complexity index is 1490. The molecule has 35 heavy (non-hydrogen) atoms. The molecule has 10 heteroatoms. The number of hydrogen-bond donors (Lipinski definition) is 1. The Morgan fingerprint density at radius 1 is 0.829 bits per heavy atom. The van der Waals surface area contributed by atoms with Crippen LogP contribution in [0.25, 0.3) is 39.3 Å². The van der Waals surface area contributed by atoms with Crippen LogP contribution in [-0.2, 0) is 6.18 Å². The first-order valence-electron chi connectivity index (χ1n) is 10.3. The van der Waals surface area contributed by atoms with Crippen LogP contribution in [0, 0.1) is 0 Å². The van der Waals surface area contributed by atoms with Crippen molar-refractivity contribution in [2.75, 3.05) is 0 Å². The first-order valence-corrected chi connectivity index (χ1v) is 10.3. The van der Waals surface area contributed by atoms with E-state index in [0.717, 1.165) is 23.3 Å². The molecular weight excluding hydrogens is 461 g/mol. The van der Waals surface area contributed by atoms with Gasteiger partial charge in [-0.05, 0) is 41.5 Å². The first kappa shape index (κ1) is 22.1. The minimum absolute atomic E-state index is 0.0460. The van der Waals surface area contributed by atoms with Crippen molar-refractivity contribution in [2.24, 2.45) is 0 Å². The van der Waals surface area contributed by atoms with Crippen LogP contribution in [0.5, 0.6) is 0 Å². The van der Waals surface area contributed by atoms with Gasteiger partial charge in [0, 0.05) is 17.2 Å². The summed E-state index contributed by atoms with van der Waals surface area (Å²) in [6.45, 7) is 0. The van der Waals surface area contributed by atoms with Gasteiger partial charge in [-0.2, -0.15) is 13.2 Å². The van der Waals surface area contributed by atoms with Crippen molar-refractivity contribution in [3.05, 3.63) is 96.4 Å². The number of carbonyl (C=O) groups is 1. The lowest BCUT2D eigenvalue weighted by molar-refractivity contribution is -0.137. The number of carboxylic acids is 1. The Morgan fingerprint density at radius 2 is 1.49 bits per heavy atom. The summed E-state index contributed by atoms with van der Waals surface area (Å²) in [6.07, 6.45) is -1.43. The molecule has 0 fully saturated rings. The standard InChI is InChI=1S/C25H15F3N4O3/c26-25(27,28)20-7-5-17(6-8-20)23-14-32(31-29-23)21-12-18(11-19(13-21)24(33)34)15-1-3-16(4-2-15)22-9-10-35-30-22/h1-14H,(H,33,34). The van der Waals surface area contributed by atoms with Crippen molar-refractivity contribution in [3.8, 4) is 39.3 Å². The van der Waals surface area contributed by atoms with E-state index in [1.807, 2.05) is 24.3 Å². The van der Waals surface area contributed by atoms with Gasteiger partial charge in [-0.1, -0.05) is 46.8 Å². The van der Waals surface area contributed by atoms with Crippen molar-refractivity contribution < 1.29 is 27.6 Å². The van der Waals surface area contributed by atoms with Crippen molar-refractivity contribution >= 4 is 5.97 Å². The molecule has 0 atom stereocenters. The predicted octanol–water partition coefficient (Wildman–Crippen LogP) is 5.97. The molecule has 5 aromatic rings. The summed E-state index contributed by atoms with van der Waals surface area (Å²) in [4.78, 5) is 11.8. The summed E-state index contributed by atoms with van der Waals surface area (Å²) in [6, 6.07) is 18.4. The summed E-state index contributed by atoms with van der Waals surface area (Å²) in [5, 5.41) is 21.6. The Kier molecular flexibility index (Phi) is 5.40. The maximum atomic E-state index is 12.8. The normalized spacial score (nSPS) is 11.5. The van der Waals surface area contributed by atoms with E-state index in [-0.39, 0.29) is 5.56 Å². The first-order chi connectivity index (χ1) is 16.8. The van der Waals surface area contributed by atoms with Gasteiger partial charge in [-0.25, -0.2) is 9.48 Å². The SMILES string of the molecule is O=C(O)c1cc(-c2ccc(-c3ccon3)cc2)cc(-n2cc(-c3ccc(C(F)(F)F)cc3)nn2)c1. The highest BCUT2D eigenvalue weighted by atomic mass is 19.4. The van der Waals surface area contributed by atoms with E-state index >= 15 is 0 Å². The average molecular weight is 476 g/mol. The second-order valence-corrected chi connectivity index (χ2v) is 7.66. The Morgan fingerprint density at radius 3 is 2.11 bits per heavy atom. The second-order valence-electron chi connectivity index (χ2n) is 7.66. The molecule has 0 aliphatic rings. The van der Waals surface area contributed by atoms with Crippen LogP contribution in [0.4, 0.5) is 13.2 Å². The third-order valence-corrected chi connectivity index (χ3v) is 5.38. The molecule has 0 saturated carbocycles. The van der Waals surface area contributed by atoms with E-state index in [2.05, 4.69) is 15.5 Å². The highest BCUT2D eigenvalue weighted by Crippen LogP contribution is 2.31. The van der Waals surface area contributed by atoms with Crippen molar-refractivity contribution in [3.63, 3.8) is 0 Å². The van der Waals surface area contributed by atoms with E-state index in [1.165, 1.54) is 35.3 Å². The van der Waals surface area contributed by atoms with Crippen LogP contribution in [0.15, 0.2) is 89.8 Å². The van der Waals surface area contributed by atoms with Crippen LogP contribution in [-0.4, -0.2) is 31.2 Å². The van der Waals surface area contributed by atoms with Crippen LogP contribution in [0.3, 0.4) is 0 Å². The van der Waals surface area contributed by atoms with Gasteiger partial charge >= 0.3 is 12.1 Å². The van der Waals surface area contributed by atoms with Crippen molar-refractivity contribution in [1.82, 2.24) is 20.2 Å². The number of aromatic carboxylic acids is 1. The number of carboxylic acid groups (broad SMARTS) is 1. The zero-order valence-electron chi connectivity index (χ0n) is 17.8. The Balaban J connectivity index is 1.49. The maximum absolute atomic E-state index is 12.8. The van der Waals surface area contributed by atoms with E-state index in [1.54, 1.807) is 18.2 Å². The van der Waals surface area contributed by atoms with E-state index < -0.39 is 17.7 Å². The van der Waals surface area contributed by atoms with Crippen molar-refractivity contribution in [1.29, 1.82) is 0 Å². The molecule has 1 N–H and O–H groups in total. The average Bonchev–Trinajstić information content (AvgIpc) is 3.56. The minimum Gasteiger partial charge on any atom is -0.478 e. The largest absolute Gasteiger partial charge is 0.478 e. The highest BCUT2D eigenvalue weighted by Gasteiger charge is 2.30. The summed E-state index contributed by atoms with van der Waals surface area (Å²) in [7, 11) is 0. The lowest BCUT2D eigenvalue weighted by atomic mass is 10.00. The fourth-order valence-electron chi connectivity index (χ4n) is 3.58. The molecule has 3 aromatic carbocycles. The zero-order chi connectivity index (χ0) is 24.6. The van der Waals surface area contributed by atoms with Gasteiger partial charge in [0.25, 0.3) is 0 Å². The molecule has 0 aliphatic carbocycles. The number of alkyl halides is 3. The number of aromatic nitrogens is 4. The molecule has 0 bridgehead atoms. The topological polar surface area (TPSA) is 94.0 Å². The molecule has 0 unspecified atom stereocenters. The predicted molar refractivity (Wildman–Crippen MR) is 120 cm³/mol. The van der Waals surface area contributed by atoms with Crippen LogP contribution >= 0.6 is 0 Å². The van der Waals surface area contributed by atoms with E-state index in [0.29, 0.717) is 28.2 Å². The van der Waals surface area contributed by atoms with Gasteiger partial charge in [-0.3, -0.25) is 0 Å². The quantitative estimate of drug-likeness (QED) is 0.336. The smallest absolute Gasteiger partial charge is 0.416 e. The number of halogens is 3. The molecular formula is C25H15F3N4O3. The molecule has 0 saturated heterocycles. The number of rotatable bonds is 5. The molecule has 2 aromatic heterocycles. The van der Waals surface area contributed by atoms with Gasteiger partial charge in [0.2, 0.25) is 0 Å². The van der Waals surface area contributed by atoms with Gasteiger partial charge in [0.1, 0.15) is 17.7 Å². The molecule has 7 nitrogen and oxygen atoms in total. The number of nitrogens with zero attached hydrogens (tertiary/aromatic N) is 4. The molecule has 0 radical (unpaired) electrons. The monoisotopic (exact) mass is 476 g/mol. The van der Waals surface area contributed by atoms with Gasteiger partial charge < -0.3 is 9.63 Å². The third-order valence-electron chi connectivity index (χ3n) is 5.38. The fourth-order valence-corrected chi connectivity index (χ4v) is 3.58. The van der Waals surface area contributed by atoms with E-state index in [9.17, 15) is 23.1 Å². The lowest BCUT2D eigenvalue weighted by Crippen LogP contribution is -2.03. The summed E-state index contributed by atoms with van der Waals surface area (Å²) >= 11 is 0. The minimum atomic E-state index is -4.43. The molecule has 0 spiro atoms. The molecule has 2 heterocycles. The van der Waals surface area contributed by atoms with Crippen molar-refractivity contribution in [2.45, 2.75) is 6.18 Å². The third kappa shape index (κ3) is 4.54. The Labute approximate surface area is 196 Å². The van der Waals surface area contributed by atoms with Gasteiger partial charge in [0.15, 0.2) is 0 Å². The van der Waals surface area contributed by atoms with Crippen LogP contribution in [0.1, 0.15) is 15.9 Å². The van der Waals surface area contributed by atoms with Gasteiger partial charge in [-0.15, -0.1) is 5.10 Å². The molecule has 0 aliphatic heterocycles. The zero-order valence-corrected chi connectivity index (χ0v) is 17.8. The van der Waals surface area contributed by atoms with Gasteiger partial charge in [0.05, 0.1) is 23.0 Å². The van der Waals surface area contributed by atoms with Crippen LogP contribution < -0.4 is 0 Å². The number of benzene rings is 3. The second kappa shape index (κ2) is 8.56. The summed E-state index contributed by atoms with van der Waals surface area (Å²) < 4.78 is 44.7. The highest BCUT2D eigenvalue weighted by molar-refractivity contribution is 5.90. The maximum Gasteiger partial charge on any atom is 0.416 e. The number of hydrogen-bond acceptors (Lipinski definition) is 5. The fraction of sp³-hybridized carbons (Fsp3) is 0.0400. The lowest BCUT2D eigenvalue weighted by Gasteiger charge is -2.09. The molecule has 174 valence electrons. The molecule has 0 amide bonds. The van der Waals surface area contributed by atoms with E-state index in [4.69, 9.17) is 4.52 Å². The summed E-state index contributed by atoms with van der Waals surface area (Å²) in [5.74, 6) is -1.12. The summed E-state index contributed by atoms with van der Waals surface area (Å²) in [5.41, 5.74) is 3.44. The Hall–Kier alpha value is -4.73. The van der Waals surface area contributed by atoms with Crippen LogP contribution in [0.2, 0.25) is 0 Å². The molecule has 5 rings (SSSR count).